The van der Waals surface area contributed by atoms with Crippen LogP contribution in [-0.4, -0.2) is 16.8 Å². The summed E-state index contributed by atoms with van der Waals surface area (Å²) in [5.74, 6) is 0.0334. The lowest BCUT2D eigenvalue weighted by Crippen LogP contribution is -2.15. The Hall–Kier alpha value is -2.14. The van der Waals surface area contributed by atoms with Gasteiger partial charge in [-0.15, -0.1) is 0 Å². The molecular weight excluding hydrogens is 290 g/mol. The van der Waals surface area contributed by atoms with E-state index in [9.17, 15) is 4.79 Å². The van der Waals surface area contributed by atoms with Gasteiger partial charge in [0.15, 0.2) is 11.5 Å². The number of amides is 1. The second kappa shape index (κ2) is 5.33. The summed E-state index contributed by atoms with van der Waals surface area (Å²) >= 11 is 5.96. The third kappa shape index (κ3) is 2.69. The van der Waals surface area contributed by atoms with Crippen LogP contribution in [0.4, 0.5) is 5.69 Å². The van der Waals surface area contributed by atoms with Gasteiger partial charge >= 0.3 is 0 Å². The van der Waals surface area contributed by atoms with Gasteiger partial charge in [-0.2, -0.15) is 0 Å². The number of fused-ring (bicyclic) bond motifs is 1. The van der Waals surface area contributed by atoms with Crippen molar-refractivity contribution < 1.29 is 9.32 Å². The van der Waals surface area contributed by atoms with E-state index >= 15 is 0 Å². The van der Waals surface area contributed by atoms with E-state index < -0.39 is 0 Å². The first-order valence-corrected chi connectivity index (χ1v) is 7.03. The summed E-state index contributed by atoms with van der Waals surface area (Å²) in [6, 6.07) is 5.73. The highest BCUT2D eigenvalue weighted by Gasteiger charge is 2.19. The maximum Gasteiger partial charge on any atom is 0.279 e. The van der Waals surface area contributed by atoms with Crippen LogP contribution in [0.25, 0.3) is 0 Å². The quantitative estimate of drug-likeness (QED) is 0.892. The van der Waals surface area contributed by atoms with Gasteiger partial charge in [-0.1, -0.05) is 22.8 Å². The molecule has 0 saturated heterocycles. The van der Waals surface area contributed by atoms with Gasteiger partial charge < -0.3 is 15.2 Å². The number of carbonyl (C=O) groups excluding carboxylic acids is 1. The molecule has 0 aliphatic heterocycles. The molecule has 3 rings (SSSR count). The molecule has 1 aliphatic rings. The number of nitrogens with zero attached hydrogens (tertiary/aromatic N) is 1. The minimum Gasteiger partial charge on any atom is -0.359 e. The Morgan fingerprint density at radius 1 is 1.38 bits per heavy atom. The molecule has 1 heterocycles. The lowest BCUT2D eigenvalue weighted by Gasteiger charge is -2.17. The van der Waals surface area contributed by atoms with Gasteiger partial charge in [0, 0.05) is 17.8 Å². The van der Waals surface area contributed by atoms with Crippen molar-refractivity contribution in [2.24, 2.45) is 0 Å². The zero-order chi connectivity index (χ0) is 15.0. The summed E-state index contributed by atoms with van der Waals surface area (Å²) in [5, 5.41) is 14.4. The zero-order valence-electron chi connectivity index (χ0n) is 11.5. The first-order valence-electron chi connectivity index (χ1n) is 6.66. The maximum absolute atomic E-state index is 12.1. The van der Waals surface area contributed by atoms with Crippen molar-refractivity contribution in [1.82, 2.24) is 5.16 Å². The number of anilines is 1. The predicted octanol–water partition coefficient (Wildman–Crippen LogP) is 3.40. The molecule has 1 aliphatic carbocycles. The standard InChI is InChI=1S/C15H14ClN3O2/c1-8-13(16)14(19-21-8)15(20)18-12-5-3-9-6-11(17)4-2-10(9)7-12/h3,5,7,17H,2,4,6H2,1H3,(H,18,20). The van der Waals surface area contributed by atoms with Gasteiger partial charge in [0.2, 0.25) is 0 Å². The number of halogens is 1. The number of rotatable bonds is 2. The number of aromatic nitrogens is 1. The maximum atomic E-state index is 12.1. The van der Waals surface area contributed by atoms with Gasteiger partial charge in [-0.05, 0) is 43.0 Å². The number of carbonyl (C=O) groups is 1. The van der Waals surface area contributed by atoms with E-state index in [4.69, 9.17) is 21.5 Å². The summed E-state index contributed by atoms with van der Waals surface area (Å²) < 4.78 is 4.89. The van der Waals surface area contributed by atoms with Crippen molar-refractivity contribution >= 4 is 28.9 Å². The molecule has 0 atom stereocenters. The van der Waals surface area contributed by atoms with Crippen LogP contribution in [0.3, 0.4) is 0 Å². The molecule has 1 aromatic heterocycles. The predicted molar refractivity (Wildman–Crippen MR) is 80.4 cm³/mol. The van der Waals surface area contributed by atoms with E-state index in [-0.39, 0.29) is 16.6 Å². The number of hydrogen-bond acceptors (Lipinski definition) is 4. The Balaban J connectivity index is 1.81. The highest BCUT2D eigenvalue weighted by molar-refractivity contribution is 6.34. The normalized spacial score (nSPS) is 13.9. The lowest BCUT2D eigenvalue weighted by atomic mass is 9.90. The van der Waals surface area contributed by atoms with Crippen LogP contribution < -0.4 is 5.32 Å². The molecule has 5 nitrogen and oxygen atoms in total. The van der Waals surface area contributed by atoms with Crippen molar-refractivity contribution in [3.05, 3.63) is 45.8 Å². The fourth-order valence-electron chi connectivity index (χ4n) is 2.41. The van der Waals surface area contributed by atoms with Gasteiger partial charge in [0.25, 0.3) is 5.91 Å². The third-order valence-corrected chi connectivity index (χ3v) is 4.02. The SMILES string of the molecule is Cc1onc(C(=O)Nc2ccc3c(c2)CCC(=N)C3)c1Cl. The fourth-order valence-corrected chi connectivity index (χ4v) is 2.56. The summed E-state index contributed by atoms with van der Waals surface area (Å²) in [6.07, 6.45) is 2.30. The molecule has 108 valence electrons. The first-order chi connectivity index (χ1) is 10.0. The number of benzene rings is 1. The summed E-state index contributed by atoms with van der Waals surface area (Å²) in [4.78, 5) is 12.1. The molecule has 6 heteroatoms. The number of hydrogen-bond donors (Lipinski definition) is 2. The largest absolute Gasteiger partial charge is 0.359 e. The average molecular weight is 304 g/mol. The fraction of sp³-hybridized carbons (Fsp3) is 0.267. The number of nitrogens with one attached hydrogen (secondary N) is 2. The van der Waals surface area contributed by atoms with E-state index in [1.165, 1.54) is 5.56 Å². The highest BCUT2D eigenvalue weighted by Crippen LogP contribution is 2.24. The van der Waals surface area contributed by atoms with E-state index in [1.807, 2.05) is 18.2 Å². The molecule has 2 N–H and O–H groups in total. The Morgan fingerprint density at radius 3 is 2.90 bits per heavy atom. The average Bonchev–Trinajstić information content (AvgIpc) is 2.79. The molecular formula is C15H14ClN3O2. The second-order valence-electron chi connectivity index (χ2n) is 5.12. The van der Waals surface area contributed by atoms with Crippen molar-refractivity contribution in [3.63, 3.8) is 0 Å². The van der Waals surface area contributed by atoms with Crippen molar-refractivity contribution in [3.8, 4) is 0 Å². The highest BCUT2D eigenvalue weighted by atomic mass is 35.5. The summed E-state index contributed by atoms with van der Waals surface area (Å²) in [7, 11) is 0. The molecule has 0 saturated carbocycles. The Kier molecular flexibility index (Phi) is 3.51. The summed E-state index contributed by atoms with van der Waals surface area (Å²) in [6.45, 7) is 1.65. The molecule has 0 spiro atoms. The van der Waals surface area contributed by atoms with Crippen LogP contribution in [0.1, 0.15) is 33.8 Å². The molecule has 0 bridgehead atoms. The van der Waals surface area contributed by atoms with Crippen molar-refractivity contribution in [2.45, 2.75) is 26.2 Å². The lowest BCUT2D eigenvalue weighted by molar-refractivity contribution is 0.101. The molecule has 2 aromatic rings. The summed E-state index contributed by atoms with van der Waals surface area (Å²) in [5.41, 5.74) is 3.87. The van der Waals surface area contributed by atoms with Crippen LogP contribution in [-0.2, 0) is 12.8 Å². The van der Waals surface area contributed by atoms with Gasteiger partial charge in [-0.3, -0.25) is 4.79 Å². The van der Waals surface area contributed by atoms with Crippen LogP contribution in [0.2, 0.25) is 5.02 Å². The minimum absolute atomic E-state index is 0.0914. The molecule has 0 unspecified atom stereocenters. The van der Waals surface area contributed by atoms with E-state index in [0.717, 1.165) is 24.1 Å². The Bertz CT molecular complexity index is 737. The van der Waals surface area contributed by atoms with Crippen LogP contribution in [0, 0.1) is 12.3 Å². The number of aryl methyl sites for hydroxylation is 2. The molecule has 1 amide bonds. The zero-order valence-corrected chi connectivity index (χ0v) is 12.3. The second-order valence-corrected chi connectivity index (χ2v) is 5.50. The van der Waals surface area contributed by atoms with Crippen LogP contribution in [0.5, 0.6) is 0 Å². The molecule has 0 radical (unpaired) electrons. The monoisotopic (exact) mass is 303 g/mol. The Morgan fingerprint density at radius 2 is 2.19 bits per heavy atom. The molecule has 21 heavy (non-hydrogen) atoms. The third-order valence-electron chi connectivity index (χ3n) is 3.57. The van der Waals surface area contributed by atoms with Gasteiger partial charge in [-0.25, -0.2) is 0 Å². The van der Waals surface area contributed by atoms with Gasteiger partial charge in [0.05, 0.1) is 0 Å². The van der Waals surface area contributed by atoms with Crippen LogP contribution >= 0.6 is 11.6 Å². The topological polar surface area (TPSA) is 79.0 Å². The molecule has 1 aromatic carbocycles. The Labute approximate surface area is 126 Å². The van der Waals surface area contributed by atoms with E-state index in [2.05, 4.69) is 10.5 Å². The van der Waals surface area contributed by atoms with Gasteiger partial charge in [0.1, 0.15) is 5.02 Å². The minimum atomic E-state index is -0.389. The van der Waals surface area contributed by atoms with E-state index in [0.29, 0.717) is 17.9 Å². The first kappa shape index (κ1) is 13.8. The van der Waals surface area contributed by atoms with Crippen molar-refractivity contribution in [1.29, 1.82) is 5.41 Å². The van der Waals surface area contributed by atoms with Crippen LogP contribution in [0.15, 0.2) is 22.7 Å². The van der Waals surface area contributed by atoms with Crippen molar-refractivity contribution in [2.75, 3.05) is 5.32 Å². The van der Waals surface area contributed by atoms with E-state index in [1.54, 1.807) is 6.92 Å². The smallest absolute Gasteiger partial charge is 0.279 e. The molecule has 0 fully saturated rings.